The number of nitrogens with zero attached hydrogens (tertiary/aromatic N) is 1. The van der Waals surface area contributed by atoms with E-state index in [1.54, 1.807) is 13.3 Å². The molecular formula is C12H22N4O. The van der Waals surface area contributed by atoms with Gasteiger partial charge in [0.25, 0.3) is 0 Å². The fourth-order valence-corrected chi connectivity index (χ4v) is 2.08. The zero-order valence-electron chi connectivity index (χ0n) is 10.7. The third-order valence-corrected chi connectivity index (χ3v) is 2.98. The number of aromatic nitrogens is 1. The summed E-state index contributed by atoms with van der Waals surface area (Å²) in [7, 11) is 1.69. The Morgan fingerprint density at radius 3 is 2.71 bits per heavy atom. The zero-order chi connectivity index (χ0) is 12.8. The number of rotatable bonds is 6. The van der Waals surface area contributed by atoms with Gasteiger partial charge in [0, 0.05) is 18.9 Å². The fourth-order valence-electron chi connectivity index (χ4n) is 2.08. The van der Waals surface area contributed by atoms with E-state index in [0.717, 1.165) is 24.0 Å². The van der Waals surface area contributed by atoms with Gasteiger partial charge in [0.05, 0.1) is 12.1 Å². The molecule has 0 saturated heterocycles. The molecule has 0 aliphatic heterocycles. The van der Waals surface area contributed by atoms with Gasteiger partial charge in [-0.15, -0.1) is 0 Å². The molecule has 1 aromatic rings. The molecule has 2 unspecified atom stereocenters. The predicted molar refractivity (Wildman–Crippen MR) is 69.2 cm³/mol. The number of nitrogens with two attached hydrogens (primary N) is 2. The molecule has 5 N–H and O–H groups in total. The highest BCUT2D eigenvalue weighted by molar-refractivity contribution is 5.46. The fraction of sp³-hybridized carbons (Fsp3) is 0.583. The summed E-state index contributed by atoms with van der Waals surface area (Å²) in [5.41, 5.74) is 10.7. The molecule has 0 radical (unpaired) electrons. The molecule has 96 valence electrons. The molecule has 0 aliphatic rings. The molecule has 1 aromatic heterocycles. The van der Waals surface area contributed by atoms with E-state index in [1.807, 2.05) is 13.0 Å². The van der Waals surface area contributed by atoms with Gasteiger partial charge in [-0.1, -0.05) is 13.3 Å². The van der Waals surface area contributed by atoms with Gasteiger partial charge in [-0.3, -0.25) is 11.3 Å². The van der Waals surface area contributed by atoms with E-state index >= 15 is 0 Å². The molecule has 17 heavy (non-hydrogen) atoms. The first-order chi connectivity index (χ1) is 8.15. The molecule has 0 amide bonds. The minimum absolute atomic E-state index is 0.00444. The van der Waals surface area contributed by atoms with Crippen LogP contribution >= 0.6 is 0 Å². The first-order valence-corrected chi connectivity index (χ1v) is 5.85. The Bertz CT molecular complexity index is 336. The van der Waals surface area contributed by atoms with Crippen molar-refractivity contribution in [3.8, 4) is 0 Å². The predicted octanol–water partition coefficient (Wildman–Crippen LogP) is 1.29. The molecule has 2 atom stereocenters. The highest BCUT2D eigenvalue weighted by Gasteiger charge is 2.25. The highest BCUT2D eigenvalue weighted by atomic mass is 16.5. The molecule has 0 aliphatic carbocycles. The summed E-state index contributed by atoms with van der Waals surface area (Å²) in [6, 6.07) is 1.79. The number of ether oxygens (including phenoxy) is 1. The summed E-state index contributed by atoms with van der Waals surface area (Å²) in [5, 5.41) is 0. The first-order valence-electron chi connectivity index (χ1n) is 5.85. The van der Waals surface area contributed by atoms with Crippen LogP contribution in [0.3, 0.4) is 0 Å². The van der Waals surface area contributed by atoms with Gasteiger partial charge in [-0.05, 0) is 25.0 Å². The Balaban J connectivity index is 3.07. The van der Waals surface area contributed by atoms with Crippen molar-refractivity contribution in [2.75, 3.05) is 12.8 Å². The van der Waals surface area contributed by atoms with Crippen LogP contribution in [0, 0.1) is 6.92 Å². The number of hydrazine groups is 1. The van der Waals surface area contributed by atoms with E-state index in [9.17, 15) is 0 Å². The van der Waals surface area contributed by atoms with Gasteiger partial charge in [-0.25, -0.2) is 4.98 Å². The summed E-state index contributed by atoms with van der Waals surface area (Å²) >= 11 is 0. The Hall–Kier alpha value is -1.17. The maximum atomic E-state index is 5.92. The van der Waals surface area contributed by atoms with Gasteiger partial charge in [-0.2, -0.15) is 0 Å². The Labute approximate surface area is 103 Å². The second-order valence-corrected chi connectivity index (χ2v) is 4.13. The normalized spacial score (nSPS) is 14.6. The lowest BCUT2D eigenvalue weighted by atomic mass is 9.95. The van der Waals surface area contributed by atoms with Gasteiger partial charge >= 0.3 is 0 Å². The lowest BCUT2D eigenvalue weighted by Gasteiger charge is -2.27. The van der Waals surface area contributed by atoms with Crippen molar-refractivity contribution in [1.82, 2.24) is 10.4 Å². The molecular weight excluding hydrogens is 216 g/mol. The number of nitrogen functional groups attached to an aromatic ring is 1. The summed E-state index contributed by atoms with van der Waals surface area (Å²) < 4.78 is 5.48. The van der Waals surface area contributed by atoms with Crippen LogP contribution in [0.2, 0.25) is 0 Å². The number of pyridine rings is 1. The van der Waals surface area contributed by atoms with Crippen molar-refractivity contribution in [3.63, 3.8) is 0 Å². The van der Waals surface area contributed by atoms with Crippen LogP contribution < -0.4 is 17.0 Å². The van der Waals surface area contributed by atoms with Gasteiger partial charge < -0.3 is 10.5 Å². The van der Waals surface area contributed by atoms with Crippen molar-refractivity contribution in [2.24, 2.45) is 5.84 Å². The number of hydrogen-bond acceptors (Lipinski definition) is 5. The zero-order valence-corrected chi connectivity index (χ0v) is 10.7. The summed E-state index contributed by atoms with van der Waals surface area (Å²) in [4.78, 5) is 4.11. The molecule has 0 fully saturated rings. The van der Waals surface area contributed by atoms with Crippen LogP contribution in [-0.4, -0.2) is 18.2 Å². The van der Waals surface area contributed by atoms with Crippen LogP contribution in [0.15, 0.2) is 12.3 Å². The van der Waals surface area contributed by atoms with Gasteiger partial charge in [0.2, 0.25) is 0 Å². The Kier molecular flexibility index (Phi) is 5.34. The number of anilines is 1. The topological polar surface area (TPSA) is 86.2 Å². The standard InChI is InChI=1S/C12H22N4O/c1-4-5-9(17-3)11(16-14)10-8(2)6-7-15-12(10)13/h6-7,9,11,16H,4-5,14H2,1-3H3,(H2,13,15). The molecule has 0 aromatic carbocycles. The van der Waals surface area contributed by atoms with Crippen LogP contribution in [0.1, 0.15) is 36.9 Å². The molecule has 0 bridgehead atoms. The SMILES string of the molecule is CCCC(OC)C(NN)c1c(C)ccnc1N. The van der Waals surface area contributed by atoms with E-state index in [-0.39, 0.29) is 12.1 Å². The second-order valence-electron chi connectivity index (χ2n) is 4.13. The van der Waals surface area contributed by atoms with Crippen molar-refractivity contribution in [1.29, 1.82) is 0 Å². The van der Waals surface area contributed by atoms with Crippen molar-refractivity contribution < 1.29 is 4.74 Å². The summed E-state index contributed by atoms with van der Waals surface area (Å²) in [6.45, 7) is 4.11. The highest BCUT2D eigenvalue weighted by Crippen LogP contribution is 2.27. The average Bonchev–Trinajstić information content (AvgIpc) is 2.32. The van der Waals surface area contributed by atoms with E-state index in [2.05, 4.69) is 17.3 Å². The number of hydrogen-bond donors (Lipinski definition) is 3. The van der Waals surface area contributed by atoms with E-state index in [0.29, 0.717) is 5.82 Å². The Morgan fingerprint density at radius 1 is 1.53 bits per heavy atom. The average molecular weight is 238 g/mol. The van der Waals surface area contributed by atoms with Crippen LogP contribution in [0.5, 0.6) is 0 Å². The maximum absolute atomic E-state index is 5.92. The van der Waals surface area contributed by atoms with Gasteiger partial charge in [0.1, 0.15) is 5.82 Å². The summed E-state index contributed by atoms with van der Waals surface area (Å²) in [6.07, 6.45) is 3.63. The molecule has 5 heteroatoms. The summed E-state index contributed by atoms with van der Waals surface area (Å²) in [5.74, 6) is 6.14. The number of aryl methyl sites for hydroxylation is 1. The molecule has 0 saturated carbocycles. The number of methoxy groups -OCH3 is 1. The van der Waals surface area contributed by atoms with E-state index in [4.69, 9.17) is 16.3 Å². The van der Waals surface area contributed by atoms with E-state index in [1.165, 1.54) is 0 Å². The third-order valence-electron chi connectivity index (χ3n) is 2.98. The quantitative estimate of drug-likeness (QED) is 0.513. The molecule has 0 spiro atoms. The molecule has 5 nitrogen and oxygen atoms in total. The van der Waals surface area contributed by atoms with Gasteiger partial charge in [0.15, 0.2) is 0 Å². The van der Waals surface area contributed by atoms with Crippen LogP contribution in [0.25, 0.3) is 0 Å². The lowest BCUT2D eigenvalue weighted by Crippen LogP contribution is -2.38. The Morgan fingerprint density at radius 2 is 2.24 bits per heavy atom. The van der Waals surface area contributed by atoms with E-state index < -0.39 is 0 Å². The largest absolute Gasteiger partial charge is 0.383 e. The van der Waals surface area contributed by atoms with Crippen LogP contribution in [-0.2, 0) is 4.74 Å². The monoisotopic (exact) mass is 238 g/mol. The number of nitrogens with one attached hydrogen (secondary N) is 1. The molecule has 1 heterocycles. The third kappa shape index (κ3) is 3.15. The minimum atomic E-state index is -0.131. The smallest absolute Gasteiger partial charge is 0.128 e. The van der Waals surface area contributed by atoms with Crippen LogP contribution in [0.4, 0.5) is 5.82 Å². The maximum Gasteiger partial charge on any atom is 0.128 e. The van der Waals surface area contributed by atoms with Crippen molar-refractivity contribution >= 4 is 5.82 Å². The first kappa shape index (κ1) is 13.9. The molecule has 1 rings (SSSR count). The van der Waals surface area contributed by atoms with Crippen molar-refractivity contribution in [3.05, 3.63) is 23.4 Å². The lowest BCUT2D eigenvalue weighted by molar-refractivity contribution is 0.0605. The van der Waals surface area contributed by atoms with Crippen molar-refractivity contribution in [2.45, 2.75) is 38.8 Å². The minimum Gasteiger partial charge on any atom is -0.383 e. The second kappa shape index (κ2) is 6.54.